The van der Waals surface area contributed by atoms with Gasteiger partial charge in [0.2, 0.25) is 0 Å². The van der Waals surface area contributed by atoms with Gasteiger partial charge in [0.25, 0.3) is 0 Å². The zero-order valence-electron chi connectivity index (χ0n) is 10.3. The molecule has 2 rings (SSSR count). The number of anilines is 1. The molecule has 100 valence electrons. The van der Waals surface area contributed by atoms with Gasteiger partial charge in [-0.25, -0.2) is 12.8 Å². The lowest BCUT2D eigenvalue weighted by Crippen LogP contribution is -2.41. The van der Waals surface area contributed by atoms with Crippen LogP contribution in [0.15, 0.2) is 18.2 Å². The minimum atomic E-state index is -2.91. The first-order valence-corrected chi connectivity index (χ1v) is 7.71. The van der Waals surface area contributed by atoms with E-state index in [1.54, 1.807) is 13.0 Å². The maximum Gasteiger partial charge on any atom is 0.153 e. The van der Waals surface area contributed by atoms with Gasteiger partial charge >= 0.3 is 0 Å². The van der Waals surface area contributed by atoms with Crippen LogP contribution in [0, 0.1) is 5.82 Å². The number of halogens is 1. The zero-order chi connectivity index (χ0) is 13.3. The molecule has 1 aromatic carbocycles. The molecular weight excluding hydrogens is 255 g/mol. The Morgan fingerprint density at radius 2 is 1.94 bits per heavy atom. The number of sulfone groups is 1. The highest BCUT2D eigenvalue weighted by Crippen LogP contribution is 2.27. The molecule has 1 fully saturated rings. The van der Waals surface area contributed by atoms with Gasteiger partial charge in [0.05, 0.1) is 11.5 Å². The van der Waals surface area contributed by atoms with E-state index in [0.29, 0.717) is 18.7 Å². The first kappa shape index (κ1) is 13.3. The topological polar surface area (TPSA) is 63.4 Å². The van der Waals surface area contributed by atoms with Crippen LogP contribution >= 0.6 is 0 Å². The fourth-order valence-electron chi connectivity index (χ4n) is 2.13. The van der Waals surface area contributed by atoms with Crippen molar-refractivity contribution in [3.8, 4) is 0 Å². The summed E-state index contributed by atoms with van der Waals surface area (Å²) in [4.78, 5) is 1.96. The van der Waals surface area contributed by atoms with E-state index in [1.165, 1.54) is 12.1 Å². The van der Waals surface area contributed by atoms with E-state index in [2.05, 4.69) is 0 Å². The summed E-state index contributed by atoms with van der Waals surface area (Å²) in [5.74, 6) is -0.0402. The Morgan fingerprint density at radius 1 is 1.33 bits per heavy atom. The number of nitrogens with two attached hydrogens (primary N) is 1. The average molecular weight is 272 g/mol. The van der Waals surface area contributed by atoms with Crippen molar-refractivity contribution in [1.82, 2.24) is 0 Å². The molecule has 0 aliphatic carbocycles. The Bertz CT molecular complexity index is 529. The lowest BCUT2D eigenvalue weighted by molar-refractivity contribution is 0.586. The molecule has 0 radical (unpaired) electrons. The summed E-state index contributed by atoms with van der Waals surface area (Å²) in [5.41, 5.74) is 7.38. The number of hydrogen-bond acceptors (Lipinski definition) is 4. The van der Waals surface area contributed by atoms with Crippen LogP contribution in [0.2, 0.25) is 0 Å². The lowest BCUT2D eigenvalue weighted by Gasteiger charge is -2.31. The molecule has 0 saturated carbocycles. The normalized spacial score (nSPS) is 20.7. The van der Waals surface area contributed by atoms with Crippen molar-refractivity contribution in [1.29, 1.82) is 0 Å². The molecule has 1 aliphatic rings. The molecule has 0 bridgehead atoms. The van der Waals surface area contributed by atoms with Crippen LogP contribution in [0.3, 0.4) is 0 Å². The Kier molecular flexibility index (Phi) is 3.59. The third-order valence-corrected chi connectivity index (χ3v) is 4.77. The molecule has 0 spiro atoms. The van der Waals surface area contributed by atoms with E-state index in [1.807, 2.05) is 4.90 Å². The van der Waals surface area contributed by atoms with Gasteiger partial charge in [0.15, 0.2) is 9.84 Å². The number of benzene rings is 1. The van der Waals surface area contributed by atoms with E-state index in [0.717, 1.165) is 5.69 Å². The Labute approximate surface area is 107 Å². The number of hydrogen-bond donors (Lipinski definition) is 1. The molecule has 1 atom stereocenters. The van der Waals surface area contributed by atoms with Crippen LogP contribution < -0.4 is 10.6 Å². The molecular formula is C12H17FN2O2S. The molecule has 1 heterocycles. The highest BCUT2D eigenvalue weighted by Gasteiger charge is 2.23. The van der Waals surface area contributed by atoms with E-state index in [4.69, 9.17) is 5.73 Å². The second-order valence-electron chi connectivity index (χ2n) is 4.63. The Hall–Kier alpha value is -1.14. The summed E-state index contributed by atoms with van der Waals surface area (Å²) in [5, 5.41) is 0. The first-order valence-electron chi connectivity index (χ1n) is 5.89. The van der Waals surface area contributed by atoms with Crippen molar-refractivity contribution in [3.05, 3.63) is 29.6 Å². The van der Waals surface area contributed by atoms with Crippen LogP contribution in [0.4, 0.5) is 10.1 Å². The largest absolute Gasteiger partial charge is 0.369 e. The Morgan fingerprint density at radius 3 is 2.50 bits per heavy atom. The van der Waals surface area contributed by atoms with Crippen LogP contribution in [0.5, 0.6) is 0 Å². The van der Waals surface area contributed by atoms with E-state index < -0.39 is 9.84 Å². The van der Waals surface area contributed by atoms with Gasteiger partial charge in [0.1, 0.15) is 5.82 Å². The van der Waals surface area contributed by atoms with Gasteiger partial charge in [0, 0.05) is 24.8 Å². The smallest absolute Gasteiger partial charge is 0.153 e. The third-order valence-electron chi connectivity index (χ3n) is 3.17. The molecule has 0 unspecified atom stereocenters. The SMILES string of the molecule is C[C@@H](N)c1cc(F)ccc1N1CCS(=O)(=O)CC1. The van der Waals surface area contributed by atoms with Gasteiger partial charge in [-0.05, 0) is 30.7 Å². The highest BCUT2D eigenvalue weighted by molar-refractivity contribution is 7.91. The van der Waals surface area contributed by atoms with Crippen molar-refractivity contribution in [2.75, 3.05) is 29.5 Å². The first-order chi connectivity index (χ1) is 8.39. The summed E-state index contributed by atoms with van der Waals surface area (Å²) < 4.78 is 36.0. The quantitative estimate of drug-likeness (QED) is 0.875. The van der Waals surface area contributed by atoms with Crippen molar-refractivity contribution in [2.24, 2.45) is 5.73 Å². The molecule has 1 aliphatic heterocycles. The molecule has 1 aromatic rings. The number of nitrogens with zero attached hydrogens (tertiary/aromatic N) is 1. The minimum absolute atomic E-state index is 0.142. The van der Waals surface area contributed by atoms with Crippen LogP contribution in [-0.4, -0.2) is 33.0 Å². The van der Waals surface area contributed by atoms with Crippen LogP contribution in [0.1, 0.15) is 18.5 Å². The fraction of sp³-hybridized carbons (Fsp3) is 0.500. The molecule has 4 nitrogen and oxygen atoms in total. The van der Waals surface area contributed by atoms with Crippen molar-refractivity contribution in [2.45, 2.75) is 13.0 Å². The van der Waals surface area contributed by atoms with Crippen LogP contribution in [-0.2, 0) is 9.84 Å². The lowest BCUT2D eigenvalue weighted by atomic mass is 10.1. The maximum atomic E-state index is 13.2. The molecule has 0 aromatic heterocycles. The van der Waals surface area contributed by atoms with Crippen molar-refractivity contribution < 1.29 is 12.8 Å². The maximum absolute atomic E-state index is 13.2. The van der Waals surface area contributed by atoms with Gasteiger partial charge in [-0.3, -0.25) is 0 Å². The summed E-state index contributed by atoms with van der Waals surface area (Å²) in [6, 6.07) is 4.19. The van der Waals surface area contributed by atoms with Gasteiger partial charge in [-0.15, -0.1) is 0 Å². The summed E-state index contributed by atoms with van der Waals surface area (Å²) in [6.07, 6.45) is 0. The summed E-state index contributed by atoms with van der Waals surface area (Å²) >= 11 is 0. The summed E-state index contributed by atoms with van der Waals surface area (Å²) in [6.45, 7) is 2.67. The van der Waals surface area contributed by atoms with E-state index in [-0.39, 0.29) is 23.4 Å². The van der Waals surface area contributed by atoms with Crippen molar-refractivity contribution >= 4 is 15.5 Å². The Balaban J connectivity index is 2.29. The fourth-order valence-corrected chi connectivity index (χ4v) is 3.33. The van der Waals surface area contributed by atoms with Crippen molar-refractivity contribution in [3.63, 3.8) is 0 Å². The molecule has 1 saturated heterocycles. The van der Waals surface area contributed by atoms with Crippen LogP contribution in [0.25, 0.3) is 0 Å². The molecule has 18 heavy (non-hydrogen) atoms. The predicted octanol–water partition coefficient (Wildman–Crippen LogP) is 1.08. The average Bonchev–Trinajstić information content (AvgIpc) is 2.29. The van der Waals surface area contributed by atoms with Gasteiger partial charge < -0.3 is 10.6 Å². The minimum Gasteiger partial charge on any atom is -0.369 e. The summed E-state index contributed by atoms with van der Waals surface area (Å²) in [7, 11) is -2.91. The predicted molar refractivity (Wildman–Crippen MR) is 69.9 cm³/mol. The third kappa shape index (κ3) is 2.81. The molecule has 6 heteroatoms. The van der Waals surface area contributed by atoms with E-state index in [9.17, 15) is 12.8 Å². The van der Waals surface area contributed by atoms with E-state index >= 15 is 0 Å². The zero-order valence-corrected chi connectivity index (χ0v) is 11.1. The van der Waals surface area contributed by atoms with Gasteiger partial charge in [-0.1, -0.05) is 0 Å². The second-order valence-corrected chi connectivity index (χ2v) is 6.93. The molecule has 0 amide bonds. The monoisotopic (exact) mass is 272 g/mol. The second kappa shape index (κ2) is 4.85. The molecule has 2 N–H and O–H groups in total. The highest BCUT2D eigenvalue weighted by atomic mass is 32.2. The standard InChI is InChI=1S/C12H17FN2O2S/c1-9(14)11-8-10(13)2-3-12(11)15-4-6-18(16,17)7-5-15/h2-3,8-9H,4-7,14H2,1H3/t9-/m1/s1. The van der Waals surface area contributed by atoms with Gasteiger partial charge in [-0.2, -0.15) is 0 Å². The number of rotatable bonds is 2.